The number of aliphatic hydroxyl groups is 2. The van der Waals surface area contributed by atoms with Gasteiger partial charge in [-0.25, -0.2) is 0 Å². The maximum absolute atomic E-state index is 11.8. The smallest absolute Gasteiger partial charge is 0.304 e. The van der Waals surface area contributed by atoms with Gasteiger partial charge in [-0.15, -0.1) is 0 Å². The van der Waals surface area contributed by atoms with Crippen molar-refractivity contribution in [1.29, 1.82) is 0 Å². The molecule has 264 valence electrons. The molecular formula is C38H59NO8. The van der Waals surface area contributed by atoms with Gasteiger partial charge in [-0.2, -0.15) is 0 Å². The zero-order chi connectivity index (χ0) is 34.8. The molecule has 0 aliphatic heterocycles. The fourth-order valence-corrected chi connectivity index (χ4v) is 4.93. The molecule has 0 amide bonds. The molecule has 1 fully saturated rings. The number of ketones is 2. The van der Waals surface area contributed by atoms with E-state index in [0.717, 1.165) is 38.5 Å². The first-order valence-corrected chi connectivity index (χ1v) is 17.1. The summed E-state index contributed by atoms with van der Waals surface area (Å²) in [4.78, 5) is 34.2. The largest absolute Gasteiger partial charge is 0.481 e. The van der Waals surface area contributed by atoms with Crippen LogP contribution in [0.25, 0.3) is 0 Å². The zero-order valence-corrected chi connectivity index (χ0v) is 28.7. The Bertz CT molecular complexity index is 1070. The molecule has 1 aliphatic carbocycles. The molecule has 4 atom stereocenters. The summed E-state index contributed by atoms with van der Waals surface area (Å²) >= 11 is 0. The second-order valence-corrected chi connectivity index (χ2v) is 12.5. The summed E-state index contributed by atoms with van der Waals surface area (Å²) in [6, 6.07) is 0. The number of carboxylic acid groups (broad SMARTS) is 1. The topological polar surface area (TPSA) is 142 Å². The summed E-state index contributed by atoms with van der Waals surface area (Å²) in [7, 11) is 0. The van der Waals surface area contributed by atoms with Gasteiger partial charge in [0.05, 0.1) is 13.0 Å². The standard InChI is InChI=1S/C38H59NO8/c1-4-5-6-7-8-9-10-11-12-13-14-15-16-17-18-19-20-21-22-35(44)47-30-38(2,3)36(37(45)39-27-25-34(42)43)46-28-26-31-23-24-32(40)33(41)29-31/h5-6,8-9,11-12,14-15,17-18,20-21,31,35-37,39,44-45H,4,7,10,13,16,19,22-30H2,1-3H3,(H,42,43). The third kappa shape index (κ3) is 21.5. The molecule has 0 radical (unpaired) electrons. The van der Waals surface area contributed by atoms with Crippen LogP contribution < -0.4 is 5.32 Å². The highest BCUT2D eigenvalue weighted by Gasteiger charge is 2.37. The van der Waals surface area contributed by atoms with E-state index in [-0.39, 0.29) is 56.5 Å². The van der Waals surface area contributed by atoms with E-state index in [2.05, 4.69) is 73.0 Å². The number of carbonyl (C=O) groups is 3. The van der Waals surface area contributed by atoms with E-state index in [4.69, 9.17) is 14.6 Å². The second-order valence-electron chi connectivity index (χ2n) is 12.5. The van der Waals surface area contributed by atoms with Crippen LogP contribution in [0.4, 0.5) is 0 Å². The minimum Gasteiger partial charge on any atom is -0.481 e. The molecule has 0 aromatic heterocycles. The Morgan fingerprint density at radius 2 is 1.38 bits per heavy atom. The number of aliphatic carboxylic acids is 1. The van der Waals surface area contributed by atoms with Crippen molar-refractivity contribution in [1.82, 2.24) is 5.32 Å². The number of allylic oxidation sites excluding steroid dienone is 11. The van der Waals surface area contributed by atoms with Crippen LogP contribution in [0.5, 0.6) is 0 Å². The van der Waals surface area contributed by atoms with Crippen molar-refractivity contribution in [3.8, 4) is 0 Å². The number of aliphatic hydroxyl groups excluding tert-OH is 2. The van der Waals surface area contributed by atoms with Gasteiger partial charge in [0.2, 0.25) is 0 Å². The third-order valence-electron chi connectivity index (χ3n) is 7.72. The number of hydrogen-bond acceptors (Lipinski definition) is 8. The highest BCUT2D eigenvalue weighted by molar-refractivity contribution is 6.37. The Hall–Kier alpha value is -2.95. The molecule has 9 nitrogen and oxygen atoms in total. The number of Topliss-reactive ketones (excluding diaryl/α,β-unsaturated/α-hetero) is 2. The van der Waals surface area contributed by atoms with Crippen molar-refractivity contribution >= 4 is 17.5 Å². The highest BCUT2D eigenvalue weighted by atomic mass is 16.6. The summed E-state index contributed by atoms with van der Waals surface area (Å²) in [5.41, 5.74) is -0.756. The molecule has 0 heterocycles. The highest BCUT2D eigenvalue weighted by Crippen LogP contribution is 2.29. The van der Waals surface area contributed by atoms with Gasteiger partial charge in [0.15, 0.2) is 17.9 Å². The first-order chi connectivity index (χ1) is 22.6. The number of rotatable bonds is 26. The molecule has 1 saturated carbocycles. The SMILES string of the molecule is CCC=CCC=CCC=CCC=CCC=CCC=CCC(O)OCC(C)(C)C(OCCC1CCC(=O)C(=O)C1)C(O)NCCC(=O)O. The first-order valence-electron chi connectivity index (χ1n) is 17.1. The summed E-state index contributed by atoms with van der Waals surface area (Å²) in [5, 5.41) is 33.0. The lowest BCUT2D eigenvalue weighted by molar-refractivity contribution is -0.169. The predicted molar refractivity (Wildman–Crippen MR) is 187 cm³/mol. The Kier molecular flexibility index (Phi) is 23.3. The van der Waals surface area contributed by atoms with Crippen LogP contribution in [-0.2, 0) is 23.9 Å². The molecule has 9 heteroatoms. The fraction of sp³-hybridized carbons (Fsp3) is 0.605. The summed E-state index contributed by atoms with van der Waals surface area (Å²) in [6.07, 6.45) is 29.8. The molecule has 0 saturated heterocycles. The van der Waals surface area contributed by atoms with Crippen molar-refractivity contribution in [3.63, 3.8) is 0 Å². The van der Waals surface area contributed by atoms with Crippen LogP contribution in [-0.4, -0.2) is 71.2 Å². The molecular weight excluding hydrogens is 598 g/mol. The Morgan fingerprint density at radius 1 is 0.851 bits per heavy atom. The summed E-state index contributed by atoms with van der Waals surface area (Å²) in [6.45, 7) is 6.20. The molecule has 0 spiro atoms. The molecule has 47 heavy (non-hydrogen) atoms. The van der Waals surface area contributed by atoms with Crippen molar-refractivity contribution in [2.75, 3.05) is 19.8 Å². The van der Waals surface area contributed by atoms with E-state index >= 15 is 0 Å². The second kappa shape index (κ2) is 26.1. The normalized spacial score (nSPS) is 18.6. The van der Waals surface area contributed by atoms with E-state index in [1.165, 1.54) is 0 Å². The van der Waals surface area contributed by atoms with E-state index in [1.54, 1.807) is 0 Å². The lowest BCUT2D eigenvalue weighted by Gasteiger charge is -2.38. The number of nitrogens with one attached hydrogen (secondary N) is 1. The molecule has 1 rings (SSSR count). The first kappa shape index (κ1) is 42.1. The lowest BCUT2D eigenvalue weighted by Crippen LogP contribution is -2.51. The van der Waals surface area contributed by atoms with E-state index < -0.39 is 30.0 Å². The summed E-state index contributed by atoms with van der Waals surface area (Å²) < 4.78 is 11.8. The van der Waals surface area contributed by atoms with Crippen LogP contribution in [0.2, 0.25) is 0 Å². The van der Waals surface area contributed by atoms with Crippen molar-refractivity contribution < 1.29 is 39.2 Å². The van der Waals surface area contributed by atoms with Gasteiger partial charge in [0, 0.05) is 37.8 Å². The monoisotopic (exact) mass is 657 g/mol. The minimum atomic E-state index is -1.18. The van der Waals surface area contributed by atoms with Crippen molar-refractivity contribution in [3.05, 3.63) is 72.9 Å². The molecule has 0 bridgehead atoms. The van der Waals surface area contributed by atoms with Crippen LogP contribution in [0, 0.1) is 11.3 Å². The molecule has 4 unspecified atom stereocenters. The van der Waals surface area contributed by atoms with E-state index in [9.17, 15) is 24.6 Å². The number of ether oxygens (including phenoxy) is 2. The van der Waals surface area contributed by atoms with Crippen LogP contribution in [0.1, 0.15) is 97.8 Å². The maximum atomic E-state index is 11.8. The predicted octanol–water partition coefficient (Wildman–Crippen LogP) is 6.53. The maximum Gasteiger partial charge on any atom is 0.304 e. The molecule has 4 N–H and O–H groups in total. The van der Waals surface area contributed by atoms with Crippen LogP contribution >= 0.6 is 0 Å². The zero-order valence-electron chi connectivity index (χ0n) is 28.7. The molecule has 1 aliphatic rings. The van der Waals surface area contributed by atoms with Gasteiger partial charge >= 0.3 is 5.97 Å². The Morgan fingerprint density at radius 3 is 1.89 bits per heavy atom. The average Bonchev–Trinajstić information content (AvgIpc) is 3.02. The van der Waals surface area contributed by atoms with Gasteiger partial charge in [0.1, 0.15) is 12.3 Å². The van der Waals surface area contributed by atoms with Crippen LogP contribution in [0.3, 0.4) is 0 Å². The Labute approximate surface area is 282 Å². The van der Waals surface area contributed by atoms with Gasteiger partial charge in [-0.3, -0.25) is 19.7 Å². The van der Waals surface area contributed by atoms with E-state index in [1.807, 2.05) is 26.0 Å². The molecule has 0 aromatic carbocycles. The fourth-order valence-electron chi connectivity index (χ4n) is 4.93. The average molecular weight is 658 g/mol. The number of hydrogen-bond donors (Lipinski definition) is 4. The lowest BCUT2D eigenvalue weighted by atomic mass is 9.84. The van der Waals surface area contributed by atoms with Crippen LogP contribution in [0.15, 0.2) is 72.9 Å². The Balaban J connectivity index is 2.41. The molecule has 0 aromatic rings. The van der Waals surface area contributed by atoms with Crippen molar-refractivity contribution in [2.24, 2.45) is 11.3 Å². The van der Waals surface area contributed by atoms with Gasteiger partial charge < -0.3 is 24.8 Å². The third-order valence-corrected chi connectivity index (χ3v) is 7.72. The van der Waals surface area contributed by atoms with Gasteiger partial charge in [-0.1, -0.05) is 93.7 Å². The number of carboxylic acids is 1. The van der Waals surface area contributed by atoms with Gasteiger partial charge in [0.25, 0.3) is 0 Å². The van der Waals surface area contributed by atoms with Crippen molar-refractivity contribution in [2.45, 2.75) is 116 Å². The number of carbonyl (C=O) groups excluding carboxylic acids is 2. The quantitative estimate of drug-likeness (QED) is 0.0464. The minimum absolute atomic E-state index is 0.0422. The summed E-state index contributed by atoms with van der Waals surface area (Å²) in [5.74, 6) is -1.61. The van der Waals surface area contributed by atoms with Gasteiger partial charge in [-0.05, 0) is 57.3 Å². The van der Waals surface area contributed by atoms with E-state index in [0.29, 0.717) is 19.3 Å².